The van der Waals surface area contributed by atoms with Gasteiger partial charge in [0.2, 0.25) is 0 Å². The highest BCUT2D eigenvalue weighted by atomic mass is 32.2. The summed E-state index contributed by atoms with van der Waals surface area (Å²) in [6.07, 6.45) is 1.86. The summed E-state index contributed by atoms with van der Waals surface area (Å²) in [7, 11) is 0. The van der Waals surface area contributed by atoms with Crippen LogP contribution in [0.15, 0.2) is 59.6 Å². The molecule has 2 aromatic carbocycles. The van der Waals surface area contributed by atoms with Gasteiger partial charge in [0, 0.05) is 5.25 Å². The van der Waals surface area contributed by atoms with Gasteiger partial charge in [0.25, 0.3) is 0 Å². The number of nitriles is 1. The summed E-state index contributed by atoms with van der Waals surface area (Å²) in [6, 6.07) is 15.9. The molecule has 0 aliphatic rings. The molecule has 0 aliphatic carbocycles. The number of hydrogen-bond donors (Lipinski definition) is 1. The van der Waals surface area contributed by atoms with Gasteiger partial charge < -0.3 is 0 Å². The molecule has 0 saturated carbocycles. The fourth-order valence-electron chi connectivity index (χ4n) is 1.75. The summed E-state index contributed by atoms with van der Waals surface area (Å²) in [5, 5.41) is 11.9. The van der Waals surface area contributed by atoms with Gasteiger partial charge in [-0.15, -0.1) is 0 Å². The fourth-order valence-corrected chi connectivity index (χ4v) is 2.64. The molecule has 0 unspecified atom stereocenters. The van der Waals surface area contributed by atoms with Crippen LogP contribution in [0, 0.1) is 17.3 Å². The van der Waals surface area contributed by atoms with Crippen molar-refractivity contribution in [3.05, 3.63) is 66.0 Å². The molecule has 0 saturated heterocycles. The van der Waals surface area contributed by atoms with Gasteiger partial charge in [0.05, 0.1) is 5.69 Å². The van der Waals surface area contributed by atoms with Gasteiger partial charge in [0.1, 0.15) is 5.82 Å². The molecule has 0 heterocycles. The molecule has 2 aromatic rings. The van der Waals surface area contributed by atoms with Crippen LogP contribution in [0.5, 0.6) is 0 Å². The van der Waals surface area contributed by atoms with Crippen LogP contribution in [0.2, 0.25) is 0 Å². The average Bonchev–Trinajstić information content (AvgIpc) is 2.48. The molecule has 0 fully saturated rings. The summed E-state index contributed by atoms with van der Waals surface area (Å²) < 4.78 is 13.2. The number of nitrogens with zero attached hydrogens (tertiary/aromatic N) is 2. The van der Waals surface area contributed by atoms with E-state index in [1.54, 1.807) is 12.1 Å². The molecule has 106 valence electrons. The van der Waals surface area contributed by atoms with Gasteiger partial charge in [-0.1, -0.05) is 48.2 Å². The SMILES string of the molecule is C[C@@H](SC(=Nc1cccc(F)c1)NC#N)c1ccccc1. The smallest absolute Gasteiger partial charge is 0.183 e. The summed E-state index contributed by atoms with van der Waals surface area (Å²) >= 11 is 1.42. The van der Waals surface area contributed by atoms with Gasteiger partial charge in [0.15, 0.2) is 11.4 Å². The number of benzene rings is 2. The Morgan fingerprint density at radius 1 is 1.24 bits per heavy atom. The summed E-state index contributed by atoms with van der Waals surface area (Å²) in [5.74, 6) is -0.353. The molecular weight excluding hydrogens is 285 g/mol. The van der Waals surface area contributed by atoms with Crippen LogP contribution in [0.3, 0.4) is 0 Å². The predicted molar refractivity (Wildman–Crippen MR) is 84.7 cm³/mol. The summed E-state index contributed by atoms with van der Waals surface area (Å²) in [6.45, 7) is 2.03. The van der Waals surface area contributed by atoms with Gasteiger partial charge in [-0.2, -0.15) is 5.26 Å². The number of thioether (sulfide) groups is 1. The standard InChI is InChI=1S/C16H14FN3S/c1-12(13-6-3-2-4-7-13)21-16(19-11-18)20-15-9-5-8-14(17)10-15/h2-10,12H,1H3,(H,19,20)/t12-/m1/s1. The second-order valence-electron chi connectivity index (χ2n) is 4.30. The van der Waals surface area contributed by atoms with Crippen LogP contribution in [-0.2, 0) is 0 Å². The molecule has 1 N–H and O–H groups in total. The lowest BCUT2D eigenvalue weighted by atomic mass is 10.2. The monoisotopic (exact) mass is 299 g/mol. The molecule has 0 bridgehead atoms. The number of amidine groups is 1. The Morgan fingerprint density at radius 2 is 2.00 bits per heavy atom. The Hall–Kier alpha value is -2.32. The minimum atomic E-state index is -0.353. The normalized spacial score (nSPS) is 12.5. The predicted octanol–water partition coefficient (Wildman–Crippen LogP) is 4.38. The fraction of sp³-hybridized carbons (Fsp3) is 0.125. The van der Waals surface area contributed by atoms with E-state index in [0.29, 0.717) is 10.9 Å². The van der Waals surface area contributed by atoms with Gasteiger partial charge in [-0.25, -0.2) is 9.38 Å². The lowest BCUT2D eigenvalue weighted by Crippen LogP contribution is -2.14. The van der Waals surface area contributed by atoms with Crippen molar-refractivity contribution in [3.8, 4) is 6.19 Å². The number of halogens is 1. The minimum absolute atomic E-state index is 0.124. The first-order valence-corrected chi connectivity index (χ1v) is 7.28. The first-order chi connectivity index (χ1) is 10.2. The highest BCUT2D eigenvalue weighted by molar-refractivity contribution is 8.14. The maximum atomic E-state index is 13.2. The maximum Gasteiger partial charge on any atom is 0.183 e. The second kappa shape index (κ2) is 7.46. The van der Waals surface area contributed by atoms with Crippen molar-refractivity contribution in [2.24, 2.45) is 4.99 Å². The molecule has 1 atom stereocenters. The van der Waals surface area contributed by atoms with Crippen LogP contribution in [0.25, 0.3) is 0 Å². The third-order valence-electron chi connectivity index (χ3n) is 2.76. The van der Waals surface area contributed by atoms with E-state index in [4.69, 9.17) is 5.26 Å². The zero-order valence-corrected chi connectivity index (χ0v) is 12.3. The van der Waals surface area contributed by atoms with Gasteiger partial charge in [-0.05, 0) is 30.7 Å². The van der Waals surface area contributed by atoms with Crippen molar-refractivity contribution in [1.29, 1.82) is 5.26 Å². The molecule has 0 aromatic heterocycles. The Bertz CT molecular complexity index is 665. The zero-order chi connectivity index (χ0) is 15.1. The molecule has 0 radical (unpaired) electrons. The van der Waals surface area contributed by atoms with Crippen molar-refractivity contribution in [2.45, 2.75) is 12.2 Å². The van der Waals surface area contributed by atoms with E-state index in [2.05, 4.69) is 10.3 Å². The van der Waals surface area contributed by atoms with E-state index in [9.17, 15) is 4.39 Å². The zero-order valence-electron chi connectivity index (χ0n) is 11.5. The number of hydrogen-bond acceptors (Lipinski definition) is 3. The summed E-state index contributed by atoms with van der Waals surface area (Å²) in [4.78, 5) is 4.28. The van der Waals surface area contributed by atoms with Gasteiger partial charge in [-0.3, -0.25) is 5.32 Å². The second-order valence-corrected chi connectivity index (χ2v) is 5.63. The van der Waals surface area contributed by atoms with Crippen LogP contribution in [-0.4, -0.2) is 5.17 Å². The molecule has 0 spiro atoms. The third kappa shape index (κ3) is 4.62. The molecule has 5 heteroatoms. The third-order valence-corrected chi connectivity index (χ3v) is 3.80. The molecule has 21 heavy (non-hydrogen) atoms. The lowest BCUT2D eigenvalue weighted by Gasteiger charge is -2.12. The van der Waals surface area contributed by atoms with E-state index in [0.717, 1.165) is 5.56 Å². The van der Waals surface area contributed by atoms with Crippen LogP contribution in [0.1, 0.15) is 17.7 Å². The van der Waals surface area contributed by atoms with E-state index in [1.165, 1.54) is 23.9 Å². The summed E-state index contributed by atoms with van der Waals surface area (Å²) in [5.41, 5.74) is 1.61. The van der Waals surface area contributed by atoms with E-state index < -0.39 is 0 Å². The van der Waals surface area contributed by atoms with Crippen LogP contribution < -0.4 is 5.32 Å². The largest absolute Gasteiger partial charge is 0.271 e. The highest BCUT2D eigenvalue weighted by Crippen LogP contribution is 2.29. The molecule has 0 amide bonds. The lowest BCUT2D eigenvalue weighted by molar-refractivity contribution is 0.628. The van der Waals surface area contributed by atoms with Gasteiger partial charge >= 0.3 is 0 Å². The Morgan fingerprint density at radius 3 is 2.67 bits per heavy atom. The van der Waals surface area contributed by atoms with Crippen molar-refractivity contribution >= 4 is 22.6 Å². The van der Waals surface area contributed by atoms with E-state index in [-0.39, 0.29) is 11.1 Å². The number of rotatable bonds is 3. The van der Waals surface area contributed by atoms with E-state index in [1.807, 2.05) is 43.4 Å². The first kappa shape index (κ1) is 15.1. The maximum absolute atomic E-state index is 13.2. The van der Waals surface area contributed by atoms with Crippen molar-refractivity contribution < 1.29 is 4.39 Å². The van der Waals surface area contributed by atoms with Crippen molar-refractivity contribution in [3.63, 3.8) is 0 Å². The first-order valence-electron chi connectivity index (χ1n) is 6.40. The average molecular weight is 299 g/mol. The van der Waals surface area contributed by atoms with Crippen LogP contribution >= 0.6 is 11.8 Å². The highest BCUT2D eigenvalue weighted by Gasteiger charge is 2.10. The molecule has 3 nitrogen and oxygen atoms in total. The van der Waals surface area contributed by atoms with Crippen LogP contribution in [0.4, 0.5) is 10.1 Å². The minimum Gasteiger partial charge on any atom is -0.271 e. The quantitative estimate of drug-likeness (QED) is 0.396. The molecule has 2 rings (SSSR count). The Balaban J connectivity index is 2.18. The van der Waals surface area contributed by atoms with E-state index >= 15 is 0 Å². The van der Waals surface area contributed by atoms with Crippen molar-refractivity contribution in [2.75, 3.05) is 0 Å². The number of nitrogens with one attached hydrogen (secondary N) is 1. The van der Waals surface area contributed by atoms with Crippen molar-refractivity contribution in [1.82, 2.24) is 5.32 Å². The topological polar surface area (TPSA) is 48.2 Å². The Kier molecular flexibility index (Phi) is 5.35. The molecular formula is C16H14FN3S. The number of aliphatic imine (C=N–C) groups is 1. The molecule has 0 aliphatic heterocycles. The Labute approximate surface area is 127 Å².